The molecule has 2 heteroatoms. The van der Waals surface area contributed by atoms with Crippen LogP contribution in [0.3, 0.4) is 0 Å². The first-order valence-electron chi connectivity index (χ1n) is 15.7. The summed E-state index contributed by atoms with van der Waals surface area (Å²) in [6.45, 7) is 23.3. The normalized spacial score (nSPS) is 14.7. The van der Waals surface area contributed by atoms with Crippen LogP contribution < -0.4 is 4.57 Å². The van der Waals surface area contributed by atoms with E-state index in [0.717, 1.165) is 24.0 Å². The number of nitrogens with zero attached hydrogens (tertiary/aromatic N) is 1. The molecular weight excluding hydrogens is 510 g/mol. The zero-order chi connectivity index (χ0) is 30.4. The second kappa shape index (κ2) is 9.56. The lowest BCUT2D eigenvalue weighted by Gasteiger charge is -2.42. The van der Waals surface area contributed by atoms with E-state index in [2.05, 4.69) is 142 Å². The Kier molecular flexibility index (Phi) is 6.54. The number of hydrogen-bond acceptors (Lipinski definition) is 1. The lowest BCUT2D eigenvalue weighted by atomic mass is 9.62. The van der Waals surface area contributed by atoms with Crippen molar-refractivity contribution in [3.63, 3.8) is 0 Å². The lowest BCUT2D eigenvalue weighted by Crippen LogP contribution is -2.35. The maximum absolute atomic E-state index is 6.97. The smallest absolute Gasteiger partial charge is 0.216 e. The predicted octanol–water partition coefficient (Wildman–Crippen LogP) is 11.0. The van der Waals surface area contributed by atoms with Gasteiger partial charge in [-0.25, -0.2) is 4.57 Å². The zero-order valence-electron chi connectivity index (χ0n) is 27.6. The Hall–Kier alpha value is -3.39. The van der Waals surface area contributed by atoms with E-state index in [-0.39, 0.29) is 16.2 Å². The molecule has 2 aromatic heterocycles. The number of benzene rings is 3. The Morgan fingerprint density at radius 1 is 0.762 bits per heavy atom. The van der Waals surface area contributed by atoms with Crippen molar-refractivity contribution in [3.8, 4) is 22.4 Å². The van der Waals surface area contributed by atoms with Crippen LogP contribution >= 0.6 is 0 Å². The number of rotatable bonds is 4. The first-order valence-corrected chi connectivity index (χ1v) is 15.7. The van der Waals surface area contributed by atoms with Gasteiger partial charge in [0.1, 0.15) is 18.2 Å². The summed E-state index contributed by atoms with van der Waals surface area (Å²) in [7, 11) is 2.16. The highest BCUT2D eigenvalue weighted by Gasteiger charge is 2.47. The number of furan rings is 1. The number of aromatic nitrogens is 1. The molecule has 0 bridgehead atoms. The average molecular weight is 559 g/mol. The summed E-state index contributed by atoms with van der Waals surface area (Å²) in [5, 5.41) is 2.41. The monoisotopic (exact) mass is 558 g/mol. The van der Waals surface area contributed by atoms with Gasteiger partial charge in [0.2, 0.25) is 5.69 Å². The zero-order valence-corrected chi connectivity index (χ0v) is 27.6. The molecule has 6 rings (SSSR count). The Morgan fingerprint density at radius 3 is 2.07 bits per heavy atom. The van der Waals surface area contributed by atoms with Crippen LogP contribution in [0, 0.1) is 24.7 Å². The Morgan fingerprint density at radius 2 is 1.43 bits per heavy atom. The molecular formula is C40H48NO+. The van der Waals surface area contributed by atoms with Crippen LogP contribution in [-0.2, 0) is 12.5 Å². The van der Waals surface area contributed by atoms with Gasteiger partial charge in [-0.2, -0.15) is 0 Å². The molecule has 2 nitrogen and oxygen atoms in total. The second-order valence-corrected chi connectivity index (χ2v) is 15.8. The van der Waals surface area contributed by atoms with Gasteiger partial charge in [0, 0.05) is 27.8 Å². The summed E-state index contributed by atoms with van der Waals surface area (Å²) in [4.78, 5) is 0. The van der Waals surface area contributed by atoms with Crippen molar-refractivity contribution in [2.45, 2.75) is 93.4 Å². The number of aryl methyl sites for hydroxylation is 3. The summed E-state index contributed by atoms with van der Waals surface area (Å²) in [6, 6.07) is 20.9. The second-order valence-electron chi connectivity index (χ2n) is 15.8. The minimum Gasteiger partial charge on any atom is -0.455 e. The predicted molar refractivity (Wildman–Crippen MR) is 178 cm³/mol. The fourth-order valence-electron chi connectivity index (χ4n) is 8.12. The van der Waals surface area contributed by atoms with Crippen LogP contribution in [0.1, 0.15) is 102 Å². The van der Waals surface area contributed by atoms with Crippen LogP contribution in [0.15, 0.2) is 65.2 Å². The van der Waals surface area contributed by atoms with Crippen molar-refractivity contribution < 1.29 is 8.98 Å². The molecule has 0 atom stereocenters. The van der Waals surface area contributed by atoms with E-state index in [1.807, 2.05) is 0 Å². The Labute approximate surface area is 252 Å². The standard InChI is InChI=1S/C40H48NO/c1-24(2)29-19-34(41(11)21-26(29)4)36-25(3)16-17-28-31-18-30-27-14-12-13-15-32(27)40(22-38(5,6)7,23-39(8,9)10)33(30)20-35(31)42-37(28)36/h12-21,24H,22-23H2,1-11H3/q+1. The van der Waals surface area contributed by atoms with Crippen molar-refractivity contribution >= 4 is 21.9 Å². The summed E-state index contributed by atoms with van der Waals surface area (Å²) in [6.07, 6.45) is 4.45. The van der Waals surface area contributed by atoms with E-state index in [9.17, 15) is 0 Å². The molecule has 1 aliphatic carbocycles. The fraction of sp³-hybridized carbons (Fsp3) is 0.425. The summed E-state index contributed by atoms with van der Waals surface area (Å²) in [5.41, 5.74) is 14.3. The third kappa shape index (κ3) is 4.59. The van der Waals surface area contributed by atoms with Gasteiger partial charge in [0.05, 0.1) is 5.56 Å². The molecule has 2 heterocycles. The molecule has 42 heavy (non-hydrogen) atoms. The largest absolute Gasteiger partial charge is 0.455 e. The molecule has 0 saturated carbocycles. The highest BCUT2D eigenvalue weighted by atomic mass is 16.3. The SMILES string of the molecule is Cc1c[n+](C)c(-c2c(C)ccc3c2oc2cc4c(cc23)-c2ccccc2C4(CC(C)(C)C)CC(C)(C)C)cc1C(C)C. The molecule has 0 amide bonds. The van der Waals surface area contributed by atoms with Gasteiger partial charge < -0.3 is 4.42 Å². The molecule has 0 fully saturated rings. The highest BCUT2D eigenvalue weighted by Crippen LogP contribution is 2.59. The van der Waals surface area contributed by atoms with Gasteiger partial charge in [-0.3, -0.25) is 0 Å². The molecule has 0 spiro atoms. The molecule has 0 aliphatic heterocycles. The summed E-state index contributed by atoms with van der Waals surface area (Å²) in [5.74, 6) is 0.460. The summed E-state index contributed by atoms with van der Waals surface area (Å²) >= 11 is 0. The van der Waals surface area contributed by atoms with E-state index in [0.29, 0.717) is 5.92 Å². The van der Waals surface area contributed by atoms with Crippen LogP contribution in [0.5, 0.6) is 0 Å². The van der Waals surface area contributed by atoms with Crippen LogP contribution in [0.4, 0.5) is 0 Å². The maximum Gasteiger partial charge on any atom is 0.216 e. The van der Waals surface area contributed by atoms with E-state index in [1.165, 1.54) is 61.0 Å². The van der Waals surface area contributed by atoms with Gasteiger partial charge in [-0.1, -0.05) is 91.8 Å². The first kappa shape index (κ1) is 28.7. The van der Waals surface area contributed by atoms with Crippen molar-refractivity contribution in [2.24, 2.45) is 17.9 Å². The highest BCUT2D eigenvalue weighted by molar-refractivity contribution is 6.11. The molecule has 0 N–H and O–H groups in total. The number of hydrogen-bond donors (Lipinski definition) is 0. The quantitative estimate of drug-likeness (QED) is 0.201. The lowest BCUT2D eigenvalue weighted by molar-refractivity contribution is -0.660. The van der Waals surface area contributed by atoms with E-state index < -0.39 is 0 Å². The molecule has 0 saturated heterocycles. The van der Waals surface area contributed by atoms with E-state index in [1.54, 1.807) is 0 Å². The third-order valence-electron chi connectivity index (χ3n) is 9.29. The van der Waals surface area contributed by atoms with Gasteiger partial charge >= 0.3 is 0 Å². The molecule has 1 aliphatic rings. The van der Waals surface area contributed by atoms with Crippen molar-refractivity contribution in [2.75, 3.05) is 0 Å². The maximum atomic E-state index is 6.97. The number of pyridine rings is 1. The van der Waals surface area contributed by atoms with Crippen molar-refractivity contribution in [1.29, 1.82) is 0 Å². The topological polar surface area (TPSA) is 17.0 Å². The van der Waals surface area contributed by atoms with E-state index >= 15 is 0 Å². The fourth-order valence-corrected chi connectivity index (χ4v) is 8.12. The minimum absolute atomic E-state index is 0.0656. The molecule has 3 aromatic carbocycles. The van der Waals surface area contributed by atoms with E-state index in [4.69, 9.17) is 4.42 Å². The van der Waals surface area contributed by atoms with Gasteiger partial charge in [-0.05, 0) is 89.0 Å². The Balaban J connectivity index is 1.67. The molecule has 0 radical (unpaired) electrons. The molecule has 5 aromatic rings. The minimum atomic E-state index is -0.0656. The van der Waals surface area contributed by atoms with Gasteiger partial charge in [0.25, 0.3) is 0 Å². The van der Waals surface area contributed by atoms with Crippen LogP contribution in [0.2, 0.25) is 0 Å². The first-order chi connectivity index (χ1) is 19.6. The summed E-state index contributed by atoms with van der Waals surface area (Å²) < 4.78 is 9.24. The molecule has 218 valence electrons. The van der Waals surface area contributed by atoms with Crippen LogP contribution in [-0.4, -0.2) is 0 Å². The molecule has 0 unspecified atom stereocenters. The third-order valence-corrected chi connectivity index (χ3v) is 9.29. The van der Waals surface area contributed by atoms with Gasteiger partial charge in [-0.15, -0.1) is 0 Å². The number of fused-ring (bicyclic) bond motifs is 6. The van der Waals surface area contributed by atoms with Gasteiger partial charge in [0.15, 0.2) is 6.20 Å². The van der Waals surface area contributed by atoms with Crippen LogP contribution in [0.25, 0.3) is 44.3 Å². The average Bonchev–Trinajstić information content (AvgIpc) is 3.34. The van der Waals surface area contributed by atoms with Crippen molar-refractivity contribution in [3.05, 3.63) is 88.6 Å². The Bertz CT molecular complexity index is 1840. The van der Waals surface area contributed by atoms with Crippen molar-refractivity contribution in [1.82, 2.24) is 0 Å².